The summed E-state index contributed by atoms with van der Waals surface area (Å²) < 4.78 is 32.8. The minimum atomic E-state index is -3.71. The van der Waals surface area contributed by atoms with E-state index in [1.807, 2.05) is 0 Å². The smallest absolute Gasteiger partial charge is 0.338 e. The van der Waals surface area contributed by atoms with Crippen molar-refractivity contribution in [1.82, 2.24) is 4.31 Å². The Labute approximate surface area is 172 Å². The number of piperidine rings is 1. The Kier molecular flexibility index (Phi) is 6.64. The molecule has 28 heavy (non-hydrogen) atoms. The first-order valence-electron chi connectivity index (χ1n) is 8.94. The van der Waals surface area contributed by atoms with Gasteiger partial charge in [-0.3, -0.25) is 4.79 Å². The monoisotopic (exact) mass is 465 g/mol. The summed E-state index contributed by atoms with van der Waals surface area (Å²) in [5.41, 5.74) is 0.527. The predicted molar refractivity (Wildman–Crippen MR) is 108 cm³/mol. The highest BCUT2D eigenvalue weighted by molar-refractivity contribution is 9.10. The van der Waals surface area contributed by atoms with Crippen molar-refractivity contribution in [3.05, 3.63) is 64.1 Å². The summed E-state index contributed by atoms with van der Waals surface area (Å²) in [4.78, 5) is 24.5. The van der Waals surface area contributed by atoms with Crippen molar-refractivity contribution in [2.24, 2.45) is 0 Å². The molecule has 0 saturated carbocycles. The zero-order valence-corrected chi connectivity index (χ0v) is 17.5. The number of ketones is 1. The lowest BCUT2D eigenvalue weighted by Gasteiger charge is -2.26. The number of carbonyl (C=O) groups excluding carboxylic acids is 2. The first kappa shape index (κ1) is 20.7. The van der Waals surface area contributed by atoms with Crippen LogP contribution in [0.3, 0.4) is 0 Å². The zero-order chi connectivity index (χ0) is 20.1. The van der Waals surface area contributed by atoms with Gasteiger partial charge in [0.2, 0.25) is 10.0 Å². The number of hydrogen-bond donors (Lipinski definition) is 0. The molecule has 1 aliphatic heterocycles. The van der Waals surface area contributed by atoms with E-state index in [4.69, 9.17) is 4.74 Å². The molecule has 1 aliphatic rings. The maximum Gasteiger partial charge on any atom is 0.338 e. The van der Waals surface area contributed by atoms with Crippen LogP contribution in [0, 0.1) is 0 Å². The quantitative estimate of drug-likeness (QED) is 0.480. The van der Waals surface area contributed by atoms with Crippen LogP contribution in [0.5, 0.6) is 0 Å². The second kappa shape index (κ2) is 8.98. The van der Waals surface area contributed by atoms with Crippen LogP contribution in [0.25, 0.3) is 0 Å². The SMILES string of the molecule is O=C(COC(=O)c1ccc(Br)c(S(=O)(=O)N2CCCCC2)c1)c1ccccc1. The Bertz CT molecular complexity index is 969. The van der Waals surface area contributed by atoms with E-state index in [9.17, 15) is 18.0 Å². The molecule has 8 heteroatoms. The first-order chi connectivity index (χ1) is 13.4. The van der Waals surface area contributed by atoms with Gasteiger partial charge in [0, 0.05) is 23.1 Å². The third-order valence-corrected chi connectivity index (χ3v) is 7.42. The number of ether oxygens (including phenoxy) is 1. The molecule has 148 valence electrons. The molecule has 1 saturated heterocycles. The van der Waals surface area contributed by atoms with E-state index in [0.29, 0.717) is 23.1 Å². The molecular weight excluding hydrogens is 446 g/mol. The van der Waals surface area contributed by atoms with Crippen molar-refractivity contribution < 1.29 is 22.7 Å². The Morgan fingerprint density at radius 2 is 1.64 bits per heavy atom. The number of benzene rings is 2. The van der Waals surface area contributed by atoms with Crippen LogP contribution >= 0.6 is 15.9 Å². The van der Waals surface area contributed by atoms with Crippen LogP contribution in [-0.4, -0.2) is 44.2 Å². The predicted octanol–water partition coefficient (Wildman–Crippen LogP) is 3.66. The van der Waals surface area contributed by atoms with Crippen LogP contribution in [0.4, 0.5) is 0 Å². The highest BCUT2D eigenvalue weighted by Gasteiger charge is 2.28. The molecule has 1 fully saturated rings. The molecule has 0 N–H and O–H groups in total. The van der Waals surface area contributed by atoms with Crippen LogP contribution < -0.4 is 0 Å². The van der Waals surface area contributed by atoms with Gasteiger partial charge >= 0.3 is 5.97 Å². The number of esters is 1. The Morgan fingerprint density at radius 1 is 0.964 bits per heavy atom. The van der Waals surface area contributed by atoms with Gasteiger partial charge < -0.3 is 4.74 Å². The van der Waals surface area contributed by atoms with E-state index in [1.54, 1.807) is 30.3 Å². The first-order valence-corrected chi connectivity index (χ1v) is 11.2. The number of hydrogen-bond acceptors (Lipinski definition) is 5. The number of carbonyl (C=O) groups is 2. The summed E-state index contributed by atoms with van der Waals surface area (Å²) in [5, 5.41) is 0. The fraction of sp³-hybridized carbons (Fsp3) is 0.300. The summed E-state index contributed by atoms with van der Waals surface area (Å²) in [6.07, 6.45) is 2.65. The molecule has 0 spiro atoms. The average molecular weight is 466 g/mol. The summed E-state index contributed by atoms with van der Waals surface area (Å²) >= 11 is 3.26. The van der Waals surface area contributed by atoms with Gasteiger partial charge in [-0.2, -0.15) is 4.31 Å². The maximum atomic E-state index is 12.9. The Hall–Kier alpha value is -2.03. The second-order valence-electron chi connectivity index (χ2n) is 6.48. The van der Waals surface area contributed by atoms with E-state index >= 15 is 0 Å². The molecular formula is C20H20BrNO5S. The highest BCUT2D eigenvalue weighted by Crippen LogP contribution is 2.28. The van der Waals surface area contributed by atoms with Gasteiger partial charge in [0.05, 0.1) is 10.5 Å². The van der Waals surface area contributed by atoms with Gasteiger partial charge in [0.15, 0.2) is 12.4 Å². The lowest BCUT2D eigenvalue weighted by atomic mass is 10.1. The number of rotatable bonds is 6. The largest absolute Gasteiger partial charge is 0.454 e. The lowest BCUT2D eigenvalue weighted by molar-refractivity contribution is 0.0474. The van der Waals surface area contributed by atoms with Gasteiger partial charge in [0.1, 0.15) is 0 Å². The Balaban J connectivity index is 1.75. The fourth-order valence-electron chi connectivity index (χ4n) is 2.99. The average Bonchev–Trinajstić information content (AvgIpc) is 2.73. The highest BCUT2D eigenvalue weighted by atomic mass is 79.9. The summed E-state index contributed by atoms with van der Waals surface area (Å²) in [6, 6.07) is 12.8. The minimum Gasteiger partial charge on any atom is -0.454 e. The van der Waals surface area contributed by atoms with Gasteiger partial charge in [-0.05, 0) is 47.0 Å². The fourth-order valence-corrected chi connectivity index (χ4v) is 5.46. The van der Waals surface area contributed by atoms with Crippen LogP contribution in [0.1, 0.15) is 40.0 Å². The molecule has 2 aromatic rings. The summed E-state index contributed by atoms with van der Waals surface area (Å²) in [7, 11) is -3.71. The van der Waals surface area contributed by atoms with E-state index < -0.39 is 22.6 Å². The molecule has 3 rings (SSSR count). The third-order valence-electron chi connectivity index (χ3n) is 4.53. The van der Waals surface area contributed by atoms with Crippen molar-refractivity contribution in [3.63, 3.8) is 0 Å². The molecule has 0 unspecified atom stereocenters. The number of Topliss-reactive ketones (excluding diaryl/α,β-unsaturated/α-hetero) is 1. The van der Waals surface area contributed by atoms with E-state index in [2.05, 4.69) is 15.9 Å². The lowest BCUT2D eigenvalue weighted by Crippen LogP contribution is -2.35. The molecule has 0 bridgehead atoms. The van der Waals surface area contributed by atoms with Gasteiger partial charge in [0.25, 0.3) is 0 Å². The Morgan fingerprint density at radius 3 is 2.32 bits per heavy atom. The summed E-state index contributed by atoms with van der Waals surface area (Å²) in [6.45, 7) is 0.525. The molecule has 0 amide bonds. The van der Waals surface area contributed by atoms with Gasteiger partial charge in [-0.25, -0.2) is 13.2 Å². The number of halogens is 1. The van der Waals surface area contributed by atoms with Crippen LogP contribution in [0.2, 0.25) is 0 Å². The number of nitrogens with zero attached hydrogens (tertiary/aromatic N) is 1. The van der Waals surface area contributed by atoms with Gasteiger partial charge in [-0.1, -0.05) is 36.8 Å². The minimum absolute atomic E-state index is 0.0261. The zero-order valence-electron chi connectivity index (χ0n) is 15.1. The van der Waals surface area contributed by atoms with Crippen molar-refractivity contribution in [2.45, 2.75) is 24.2 Å². The summed E-state index contributed by atoms with van der Waals surface area (Å²) in [5.74, 6) is -1.07. The molecule has 1 heterocycles. The topological polar surface area (TPSA) is 80.8 Å². The van der Waals surface area contributed by atoms with Crippen molar-refractivity contribution in [3.8, 4) is 0 Å². The van der Waals surface area contributed by atoms with E-state index in [0.717, 1.165) is 19.3 Å². The van der Waals surface area contributed by atoms with Crippen LogP contribution in [0.15, 0.2) is 57.9 Å². The molecule has 0 radical (unpaired) electrons. The maximum absolute atomic E-state index is 12.9. The van der Waals surface area contributed by atoms with Crippen LogP contribution in [-0.2, 0) is 14.8 Å². The second-order valence-corrected chi connectivity index (χ2v) is 9.24. The molecule has 2 aromatic carbocycles. The van der Waals surface area contributed by atoms with E-state index in [1.165, 1.54) is 22.5 Å². The van der Waals surface area contributed by atoms with Crippen molar-refractivity contribution in [2.75, 3.05) is 19.7 Å². The third kappa shape index (κ3) is 4.68. The molecule has 0 aromatic heterocycles. The number of sulfonamides is 1. The van der Waals surface area contributed by atoms with E-state index in [-0.39, 0.29) is 16.2 Å². The normalized spacial score (nSPS) is 15.2. The van der Waals surface area contributed by atoms with Gasteiger partial charge in [-0.15, -0.1) is 0 Å². The molecule has 0 atom stereocenters. The standard InChI is InChI=1S/C20H20BrNO5S/c21-17-10-9-16(13-19(17)28(25,26)22-11-5-2-6-12-22)20(24)27-14-18(23)15-7-3-1-4-8-15/h1,3-4,7-10,13H,2,5-6,11-12,14H2. The molecule has 0 aliphatic carbocycles. The van der Waals surface area contributed by atoms with Crippen molar-refractivity contribution >= 4 is 37.7 Å². The molecule has 6 nitrogen and oxygen atoms in total. The van der Waals surface area contributed by atoms with Crippen molar-refractivity contribution in [1.29, 1.82) is 0 Å².